The summed E-state index contributed by atoms with van der Waals surface area (Å²) in [6.07, 6.45) is -3.58. The van der Waals surface area contributed by atoms with Crippen LogP contribution in [-0.2, 0) is 13.8 Å². The van der Waals surface area contributed by atoms with Crippen LogP contribution in [0, 0.1) is 0 Å². The molecule has 0 saturated carbocycles. The van der Waals surface area contributed by atoms with Crippen molar-refractivity contribution < 1.29 is 33.6 Å². The fourth-order valence-electron chi connectivity index (χ4n) is 2.40. The predicted molar refractivity (Wildman–Crippen MR) is 65.6 cm³/mol. The Morgan fingerprint density at radius 1 is 1.24 bits per heavy atom. The van der Waals surface area contributed by atoms with E-state index in [0.717, 1.165) is 16.8 Å². The normalized spacial score (nSPS) is 38.6. The summed E-state index contributed by atoms with van der Waals surface area (Å²) in [5.74, 6) is 0. The standard InChI is InChI=1S/C9H13N2O9P/c12-3-4-6-7(20-21(15,16,17)19-6)8(18-4)11-2-1-5(13)10-9(11)14/h1-2,4,6-8,12,15-17H,3H2,(H,10,13,14)/t4-,6-,7-,8-/m1/s1. The van der Waals surface area contributed by atoms with E-state index in [0.29, 0.717) is 0 Å². The molecule has 11 nitrogen and oxygen atoms in total. The van der Waals surface area contributed by atoms with Crippen LogP contribution in [0.25, 0.3) is 0 Å². The predicted octanol–water partition coefficient (Wildman–Crippen LogP) is -2.68. The van der Waals surface area contributed by atoms with E-state index in [2.05, 4.69) is 4.52 Å². The number of nitrogens with one attached hydrogen (secondary N) is 1. The van der Waals surface area contributed by atoms with E-state index >= 15 is 0 Å². The fourth-order valence-corrected chi connectivity index (χ4v) is 3.78. The first-order valence-electron chi connectivity index (χ1n) is 5.90. The first-order valence-corrected chi connectivity index (χ1v) is 7.83. The third-order valence-corrected chi connectivity index (χ3v) is 4.43. The second-order valence-electron chi connectivity index (χ2n) is 4.74. The zero-order valence-corrected chi connectivity index (χ0v) is 11.3. The van der Waals surface area contributed by atoms with Gasteiger partial charge in [0, 0.05) is 0 Å². The molecule has 1 aromatic rings. The number of aliphatic hydroxyl groups excluding tert-OH is 1. The van der Waals surface area contributed by atoms with Crippen molar-refractivity contribution in [1.82, 2.24) is 9.55 Å². The Kier molecular flexibility index (Phi) is 3.10. The first-order chi connectivity index (χ1) is 9.68. The third-order valence-electron chi connectivity index (χ3n) is 3.20. The molecular weight excluding hydrogens is 311 g/mol. The van der Waals surface area contributed by atoms with Gasteiger partial charge in [-0.1, -0.05) is 0 Å². The summed E-state index contributed by atoms with van der Waals surface area (Å²) in [4.78, 5) is 53.2. The Labute approximate surface area is 116 Å². The van der Waals surface area contributed by atoms with Gasteiger partial charge in [0.25, 0.3) is 0 Å². The van der Waals surface area contributed by atoms with Crippen LogP contribution in [0.1, 0.15) is 6.23 Å². The molecule has 21 heavy (non-hydrogen) atoms. The van der Waals surface area contributed by atoms with Crippen LogP contribution >= 0.6 is 7.74 Å². The molecule has 0 amide bonds. The molecule has 0 aromatic carbocycles. The second kappa shape index (κ2) is 4.41. The summed E-state index contributed by atoms with van der Waals surface area (Å²) in [5.41, 5.74) is -1.45. The summed E-state index contributed by atoms with van der Waals surface area (Å²) in [7, 11) is -5.75. The summed E-state index contributed by atoms with van der Waals surface area (Å²) >= 11 is 0. The van der Waals surface area contributed by atoms with Gasteiger partial charge in [-0.25, -0.2) is 0 Å². The van der Waals surface area contributed by atoms with Crippen molar-refractivity contribution >= 4 is 7.74 Å². The molecule has 2 aliphatic heterocycles. The van der Waals surface area contributed by atoms with Gasteiger partial charge in [-0.05, 0) is 0 Å². The molecule has 3 heterocycles. The number of H-pyrrole nitrogens is 1. The second-order valence-corrected chi connectivity index (χ2v) is 6.83. The van der Waals surface area contributed by atoms with Crippen molar-refractivity contribution in [1.29, 1.82) is 0 Å². The number of rotatable bonds is 2. The van der Waals surface area contributed by atoms with Crippen LogP contribution in [-0.4, -0.2) is 54.3 Å². The van der Waals surface area contributed by atoms with Crippen LogP contribution in [0.2, 0.25) is 0 Å². The molecular formula is C9H13N2O9P. The number of aliphatic hydroxyl groups is 1. The maximum absolute atomic E-state index is 11.7. The van der Waals surface area contributed by atoms with E-state index in [9.17, 15) is 29.4 Å². The number of ether oxygens (including phenoxy) is 1. The van der Waals surface area contributed by atoms with Crippen LogP contribution in [0.3, 0.4) is 0 Å². The summed E-state index contributed by atoms with van der Waals surface area (Å²) in [6.45, 7) is -0.564. The van der Waals surface area contributed by atoms with Gasteiger partial charge in [0.2, 0.25) is 0 Å². The van der Waals surface area contributed by atoms with Crippen LogP contribution in [0.4, 0.5) is 0 Å². The van der Waals surface area contributed by atoms with Gasteiger partial charge in [0.1, 0.15) is 0 Å². The molecule has 5 N–H and O–H groups in total. The molecule has 0 aliphatic carbocycles. The zero-order valence-electron chi connectivity index (χ0n) is 10.4. The molecule has 0 bridgehead atoms. The molecule has 2 aliphatic rings. The summed E-state index contributed by atoms with van der Waals surface area (Å²) in [6, 6.07) is 1.05. The number of aromatic amines is 1. The van der Waals surface area contributed by atoms with Gasteiger partial charge >= 0.3 is 115 Å². The monoisotopic (exact) mass is 324 g/mol. The van der Waals surface area contributed by atoms with Crippen LogP contribution in [0.15, 0.2) is 21.9 Å². The Morgan fingerprint density at radius 2 is 1.90 bits per heavy atom. The minimum absolute atomic E-state index is 0.564. The van der Waals surface area contributed by atoms with Gasteiger partial charge in [-0.2, -0.15) is 0 Å². The SMILES string of the molecule is O=c1ccn([C@@H]2O[C@H](CO)[C@H]3OP(O)(O)(O)O[C@H]32)c(=O)[nH]1. The number of aromatic nitrogens is 2. The van der Waals surface area contributed by atoms with Gasteiger partial charge < -0.3 is 0 Å². The van der Waals surface area contributed by atoms with E-state index in [1.807, 2.05) is 4.98 Å². The number of hydrogen-bond acceptors (Lipinski definition) is 9. The topological polar surface area (TPSA) is 163 Å². The Hall–Kier alpha value is -1.17. The van der Waals surface area contributed by atoms with E-state index < -0.39 is 50.1 Å². The number of hydrogen-bond donors (Lipinski definition) is 5. The molecule has 2 saturated heterocycles. The number of nitrogens with zero attached hydrogens (tertiary/aromatic N) is 1. The maximum atomic E-state index is 11.7. The Balaban J connectivity index is 2.01. The third kappa shape index (κ3) is 2.54. The van der Waals surface area contributed by atoms with Crippen LogP contribution in [0.5, 0.6) is 0 Å². The zero-order chi connectivity index (χ0) is 15.4. The van der Waals surface area contributed by atoms with Crippen LogP contribution < -0.4 is 11.2 Å². The Morgan fingerprint density at radius 3 is 2.52 bits per heavy atom. The molecule has 0 radical (unpaired) electrons. The molecule has 2 fully saturated rings. The van der Waals surface area contributed by atoms with E-state index in [1.54, 1.807) is 0 Å². The van der Waals surface area contributed by atoms with Crippen molar-refractivity contribution in [2.45, 2.75) is 24.5 Å². The minimum atomic E-state index is -5.75. The van der Waals surface area contributed by atoms with Crippen molar-refractivity contribution in [3.8, 4) is 0 Å². The van der Waals surface area contributed by atoms with Crippen molar-refractivity contribution in [2.75, 3.05) is 6.61 Å². The van der Waals surface area contributed by atoms with Crippen molar-refractivity contribution in [2.24, 2.45) is 0 Å². The van der Waals surface area contributed by atoms with Crippen molar-refractivity contribution in [3.63, 3.8) is 0 Å². The average Bonchev–Trinajstić information content (AvgIpc) is 2.79. The quantitative estimate of drug-likeness (QED) is 0.364. The Bertz CT molecular complexity index is 676. The molecule has 3 rings (SSSR count). The first kappa shape index (κ1) is 14.8. The van der Waals surface area contributed by atoms with Gasteiger partial charge in [-0.15, -0.1) is 0 Å². The summed E-state index contributed by atoms with van der Waals surface area (Å²) < 4.78 is 15.7. The van der Waals surface area contributed by atoms with E-state index in [1.165, 1.54) is 0 Å². The molecule has 4 atom stereocenters. The van der Waals surface area contributed by atoms with Crippen molar-refractivity contribution in [3.05, 3.63) is 33.1 Å². The molecule has 0 spiro atoms. The fraction of sp³-hybridized carbons (Fsp3) is 0.556. The van der Waals surface area contributed by atoms with Gasteiger partial charge in [-0.3, -0.25) is 0 Å². The number of fused-ring (bicyclic) bond motifs is 1. The van der Waals surface area contributed by atoms with Gasteiger partial charge in [0.05, 0.1) is 0 Å². The van der Waals surface area contributed by atoms with Gasteiger partial charge in [0.15, 0.2) is 0 Å². The molecule has 12 heteroatoms. The molecule has 0 unspecified atom stereocenters. The van der Waals surface area contributed by atoms with E-state index in [4.69, 9.17) is 9.26 Å². The molecule has 118 valence electrons. The molecule has 1 aromatic heterocycles. The average molecular weight is 324 g/mol. The van der Waals surface area contributed by atoms with E-state index in [-0.39, 0.29) is 0 Å². The summed E-state index contributed by atoms with van der Waals surface area (Å²) in [5, 5.41) is 9.21.